The van der Waals surface area contributed by atoms with E-state index in [2.05, 4.69) is 9.97 Å². The smallest absolute Gasteiger partial charge is 0.149 e. The standard InChI is InChI=1S/C12H14N4O3/c13-12-9-7(1-2-14-12)15-5-16(9)8-3-6(4-17)10(18)11(8)19/h1-3,5,8,10-11,17-19H,4H2,(H2,13,14). The monoisotopic (exact) mass is 262 g/mol. The lowest BCUT2D eigenvalue weighted by Gasteiger charge is -2.19. The molecule has 2 aromatic heterocycles. The van der Waals surface area contributed by atoms with Gasteiger partial charge >= 0.3 is 0 Å². The summed E-state index contributed by atoms with van der Waals surface area (Å²) in [4.78, 5) is 8.19. The van der Waals surface area contributed by atoms with E-state index < -0.39 is 18.2 Å². The molecule has 5 N–H and O–H groups in total. The average molecular weight is 262 g/mol. The summed E-state index contributed by atoms with van der Waals surface area (Å²) in [6.45, 7) is -0.297. The van der Waals surface area contributed by atoms with Crippen LogP contribution in [0.1, 0.15) is 6.04 Å². The molecule has 1 aliphatic rings. The van der Waals surface area contributed by atoms with E-state index in [1.165, 1.54) is 0 Å². The van der Waals surface area contributed by atoms with Gasteiger partial charge in [-0.15, -0.1) is 0 Å². The van der Waals surface area contributed by atoms with Gasteiger partial charge in [-0.2, -0.15) is 0 Å². The lowest BCUT2D eigenvalue weighted by Crippen LogP contribution is -2.30. The van der Waals surface area contributed by atoms with Gasteiger partial charge < -0.3 is 25.6 Å². The Morgan fingerprint density at radius 2 is 2.11 bits per heavy atom. The highest BCUT2D eigenvalue weighted by Gasteiger charge is 2.36. The number of anilines is 1. The summed E-state index contributed by atoms with van der Waals surface area (Å²) >= 11 is 0. The molecule has 100 valence electrons. The lowest BCUT2D eigenvalue weighted by molar-refractivity contribution is 0.0288. The molecule has 0 amide bonds. The quantitative estimate of drug-likeness (QED) is 0.527. The molecule has 0 aliphatic heterocycles. The Balaban J connectivity index is 2.13. The minimum atomic E-state index is -1.08. The third-order valence-corrected chi connectivity index (χ3v) is 3.45. The van der Waals surface area contributed by atoms with E-state index in [1.807, 2.05) is 0 Å². The third-order valence-electron chi connectivity index (χ3n) is 3.45. The first-order valence-corrected chi connectivity index (χ1v) is 5.88. The number of imidazole rings is 1. The summed E-state index contributed by atoms with van der Waals surface area (Å²) in [5.74, 6) is 0.308. The van der Waals surface area contributed by atoms with Gasteiger partial charge in [0.2, 0.25) is 0 Å². The Kier molecular flexibility index (Phi) is 2.74. The van der Waals surface area contributed by atoms with Gasteiger partial charge in [0.05, 0.1) is 24.5 Å². The maximum absolute atomic E-state index is 10.1. The molecule has 2 aromatic rings. The second-order valence-electron chi connectivity index (χ2n) is 4.54. The van der Waals surface area contributed by atoms with E-state index in [1.54, 1.807) is 29.2 Å². The maximum Gasteiger partial charge on any atom is 0.149 e. The van der Waals surface area contributed by atoms with Gasteiger partial charge in [0, 0.05) is 6.20 Å². The zero-order valence-corrected chi connectivity index (χ0v) is 10.0. The molecular weight excluding hydrogens is 248 g/mol. The van der Waals surface area contributed by atoms with Gasteiger partial charge in [-0.1, -0.05) is 6.08 Å². The number of nitrogens with zero attached hydrogens (tertiary/aromatic N) is 3. The van der Waals surface area contributed by atoms with Crippen LogP contribution in [0, 0.1) is 0 Å². The van der Waals surface area contributed by atoms with Crippen molar-refractivity contribution in [3.8, 4) is 0 Å². The maximum atomic E-state index is 10.1. The number of nitrogens with two attached hydrogens (primary N) is 1. The van der Waals surface area contributed by atoms with Gasteiger partial charge in [-0.3, -0.25) is 0 Å². The highest BCUT2D eigenvalue weighted by atomic mass is 16.3. The number of hydrogen-bond acceptors (Lipinski definition) is 6. The van der Waals surface area contributed by atoms with Crippen molar-refractivity contribution in [1.29, 1.82) is 0 Å². The van der Waals surface area contributed by atoms with Crippen molar-refractivity contribution in [2.75, 3.05) is 12.3 Å². The Morgan fingerprint density at radius 1 is 1.32 bits per heavy atom. The molecular formula is C12H14N4O3. The highest BCUT2D eigenvalue weighted by molar-refractivity contribution is 5.85. The number of aliphatic hydroxyl groups excluding tert-OH is 3. The number of fused-ring (bicyclic) bond motifs is 1. The van der Waals surface area contributed by atoms with Gasteiger partial charge in [0.1, 0.15) is 23.5 Å². The minimum absolute atomic E-state index is 0.297. The summed E-state index contributed by atoms with van der Waals surface area (Å²) in [6.07, 6.45) is 2.61. The number of hydrogen-bond donors (Lipinski definition) is 4. The summed E-state index contributed by atoms with van der Waals surface area (Å²) < 4.78 is 1.66. The van der Waals surface area contributed by atoms with Crippen LogP contribution in [0.15, 0.2) is 30.2 Å². The fourth-order valence-corrected chi connectivity index (χ4v) is 2.45. The Labute approximate surface area is 108 Å². The largest absolute Gasteiger partial charge is 0.392 e. The molecule has 7 heteroatoms. The molecule has 3 rings (SSSR count). The molecule has 0 aromatic carbocycles. The van der Waals surface area contributed by atoms with E-state index in [4.69, 9.17) is 10.8 Å². The molecule has 0 spiro atoms. The van der Waals surface area contributed by atoms with Crippen LogP contribution in [0.25, 0.3) is 11.0 Å². The van der Waals surface area contributed by atoms with Gasteiger partial charge in [0.15, 0.2) is 0 Å². The first-order valence-electron chi connectivity index (χ1n) is 5.88. The molecule has 19 heavy (non-hydrogen) atoms. The van der Waals surface area contributed by atoms with E-state index in [9.17, 15) is 10.2 Å². The van der Waals surface area contributed by atoms with Crippen LogP contribution in [0.5, 0.6) is 0 Å². The lowest BCUT2D eigenvalue weighted by atomic mass is 10.1. The number of rotatable bonds is 2. The van der Waals surface area contributed by atoms with E-state index in [0.29, 0.717) is 22.4 Å². The van der Waals surface area contributed by atoms with Crippen LogP contribution >= 0.6 is 0 Å². The Bertz CT molecular complexity index is 651. The van der Waals surface area contributed by atoms with E-state index in [0.717, 1.165) is 0 Å². The molecule has 0 fully saturated rings. The summed E-state index contributed by atoms with van der Waals surface area (Å²) in [6, 6.07) is 1.20. The predicted octanol–water partition coefficient (Wildman–Crippen LogP) is -0.791. The highest BCUT2D eigenvalue weighted by Crippen LogP contribution is 2.32. The van der Waals surface area contributed by atoms with Crippen molar-refractivity contribution in [3.63, 3.8) is 0 Å². The van der Waals surface area contributed by atoms with Crippen LogP contribution < -0.4 is 5.73 Å². The van der Waals surface area contributed by atoms with Gasteiger partial charge in [-0.05, 0) is 11.6 Å². The second kappa shape index (κ2) is 4.30. The molecule has 0 saturated carbocycles. The number of aliphatic hydroxyl groups is 3. The molecule has 7 nitrogen and oxygen atoms in total. The Morgan fingerprint density at radius 3 is 2.79 bits per heavy atom. The predicted molar refractivity (Wildman–Crippen MR) is 68.2 cm³/mol. The first kappa shape index (κ1) is 12.1. The molecule has 0 bridgehead atoms. The van der Waals surface area contributed by atoms with Crippen molar-refractivity contribution in [1.82, 2.24) is 14.5 Å². The van der Waals surface area contributed by atoms with Crippen LogP contribution in [0.2, 0.25) is 0 Å². The zero-order chi connectivity index (χ0) is 13.6. The van der Waals surface area contributed by atoms with E-state index >= 15 is 0 Å². The fraction of sp³-hybridized carbons (Fsp3) is 0.333. The SMILES string of the molecule is Nc1nccc2ncn(C3C=C(CO)C(O)C3O)c12. The van der Waals surface area contributed by atoms with Crippen molar-refractivity contribution >= 4 is 16.9 Å². The number of pyridine rings is 1. The third kappa shape index (κ3) is 1.71. The number of aromatic nitrogens is 3. The van der Waals surface area contributed by atoms with Crippen molar-refractivity contribution in [2.24, 2.45) is 0 Å². The molecule has 1 aliphatic carbocycles. The van der Waals surface area contributed by atoms with E-state index in [-0.39, 0.29) is 6.61 Å². The number of nitrogen functional groups attached to an aromatic ring is 1. The second-order valence-corrected chi connectivity index (χ2v) is 4.54. The van der Waals surface area contributed by atoms with Crippen LogP contribution in [0.3, 0.4) is 0 Å². The van der Waals surface area contributed by atoms with Gasteiger partial charge in [0.25, 0.3) is 0 Å². The van der Waals surface area contributed by atoms with Crippen LogP contribution in [-0.4, -0.2) is 48.7 Å². The van der Waals surface area contributed by atoms with Crippen LogP contribution in [0.4, 0.5) is 5.82 Å². The molecule has 0 radical (unpaired) electrons. The Hall–Kier alpha value is -1.96. The topological polar surface area (TPSA) is 117 Å². The molecule has 3 unspecified atom stereocenters. The summed E-state index contributed by atoms with van der Waals surface area (Å²) in [7, 11) is 0. The molecule has 2 heterocycles. The fourth-order valence-electron chi connectivity index (χ4n) is 2.45. The molecule has 0 saturated heterocycles. The molecule has 3 atom stereocenters. The van der Waals surface area contributed by atoms with Gasteiger partial charge in [-0.25, -0.2) is 9.97 Å². The van der Waals surface area contributed by atoms with Crippen molar-refractivity contribution in [3.05, 3.63) is 30.2 Å². The van der Waals surface area contributed by atoms with Crippen molar-refractivity contribution < 1.29 is 15.3 Å². The first-order chi connectivity index (χ1) is 9.13. The normalized spacial score (nSPS) is 26.9. The summed E-state index contributed by atoms with van der Waals surface area (Å²) in [5, 5.41) is 29.0. The average Bonchev–Trinajstić information content (AvgIpc) is 2.94. The zero-order valence-electron chi connectivity index (χ0n) is 10.0. The van der Waals surface area contributed by atoms with Crippen LogP contribution in [-0.2, 0) is 0 Å². The minimum Gasteiger partial charge on any atom is -0.392 e. The van der Waals surface area contributed by atoms with Crippen molar-refractivity contribution in [2.45, 2.75) is 18.2 Å². The summed E-state index contributed by atoms with van der Waals surface area (Å²) in [5.41, 5.74) is 7.49.